The first kappa shape index (κ1) is 15.0. The number of hydrogen-bond acceptors (Lipinski definition) is 4. The smallest absolute Gasteiger partial charge is 0.239 e. The molecule has 104 valence electrons. The molecule has 0 aromatic carbocycles. The second-order valence-corrected chi connectivity index (χ2v) is 4.13. The van der Waals surface area contributed by atoms with Crippen molar-refractivity contribution in [2.24, 2.45) is 10.8 Å². The summed E-state index contributed by atoms with van der Waals surface area (Å²) >= 11 is 0. The van der Waals surface area contributed by atoms with Crippen molar-refractivity contribution in [3.63, 3.8) is 0 Å². The molecule has 0 saturated carbocycles. The van der Waals surface area contributed by atoms with Gasteiger partial charge in [-0.2, -0.15) is 5.10 Å². The molecule has 0 aliphatic heterocycles. The molecule has 0 spiro atoms. The summed E-state index contributed by atoms with van der Waals surface area (Å²) in [5, 5.41) is 10.6. The van der Waals surface area contributed by atoms with Crippen molar-refractivity contribution in [2.75, 3.05) is 13.1 Å². The average Bonchev–Trinajstić information content (AvgIpc) is 2.82. The van der Waals surface area contributed by atoms with Crippen LogP contribution >= 0.6 is 0 Å². The van der Waals surface area contributed by atoms with Crippen molar-refractivity contribution in [1.82, 2.24) is 15.1 Å². The maximum atomic E-state index is 11.4. The van der Waals surface area contributed by atoms with E-state index in [1.54, 1.807) is 10.9 Å². The second-order valence-electron chi connectivity index (χ2n) is 4.13. The van der Waals surface area contributed by atoms with E-state index in [0.29, 0.717) is 19.5 Å². The minimum atomic E-state index is -0.559. The molecule has 1 heterocycles. The largest absolute Gasteiger partial charge is 0.368 e. The quantitative estimate of drug-likeness (QED) is 0.301. The summed E-state index contributed by atoms with van der Waals surface area (Å²) in [7, 11) is 0. The van der Waals surface area contributed by atoms with Gasteiger partial charge in [0.25, 0.3) is 0 Å². The Morgan fingerprint density at radius 2 is 2.53 bits per heavy atom. The standard InChI is InChI=1S/C11H19N7O/c1-2-6-18-8-9(7-16-18)10(11(12)19)14-4-3-5-15-17-13/h7-8,10,14H,2-6H2,1H3,(H2,12,19). The molecule has 1 unspecified atom stereocenters. The summed E-state index contributed by atoms with van der Waals surface area (Å²) in [5.41, 5.74) is 14.3. The first-order valence-corrected chi connectivity index (χ1v) is 6.25. The maximum Gasteiger partial charge on any atom is 0.239 e. The van der Waals surface area contributed by atoms with Crippen molar-refractivity contribution in [2.45, 2.75) is 32.4 Å². The monoisotopic (exact) mass is 265 g/mol. The molecule has 1 amide bonds. The van der Waals surface area contributed by atoms with Crippen LogP contribution in [0.25, 0.3) is 10.4 Å². The lowest BCUT2D eigenvalue weighted by molar-refractivity contribution is -0.120. The Bertz CT molecular complexity index is 450. The summed E-state index contributed by atoms with van der Waals surface area (Å²) < 4.78 is 1.78. The number of azide groups is 1. The fourth-order valence-corrected chi connectivity index (χ4v) is 1.70. The lowest BCUT2D eigenvalue weighted by Crippen LogP contribution is -2.34. The highest BCUT2D eigenvalue weighted by atomic mass is 16.1. The Labute approximate surface area is 111 Å². The second kappa shape index (κ2) is 8.12. The van der Waals surface area contributed by atoms with Crippen LogP contribution in [-0.4, -0.2) is 28.8 Å². The number of primary amides is 1. The zero-order chi connectivity index (χ0) is 14.1. The van der Waals surface area contributed by atoms with Gasteiger partial charge in [-0.15, -0.1) is 0 Å². The Morgan fingerprint density at radius 3 is 3.16 bits per heavy atom. The molecule has 1 aromatic heterocycles. The Hall–Kier alpha value is -2.05. The van der Waals surface area contributed by atoms with Crippen LogP contribution in [0, 0.1) is 0 Å². The van der Waals surface area contributed by atoms with E-state index >= 15 is 0 Å². The highest BCUT2D eigenvalue weighted by Crippen LogP contribution is 2.11. The Balaban J connectivity index is 2.55. The van der Waals surface area contributed by atoms with Crippen molar-refractivity contribution in [1.29, 1.82) is 0 Å². The van der Waals surface area contributed by atoms with Crippen molar-refractivity contribution in [3.8, 4) is 0 Å². The number of nitrogens with two attached hydrogens (primary N) is 1. The SMILES string of the molecule is CCCn1cc(C(NCCCN=[N+]=[N-])C(N)=O)cn1. The van der Waals surface area contributed by atoms with Gasteiger partial charge in [-0.25, -0.2) is 0 Å². The van der Waals surface area contributed by atoms with Crippen LogP contribution in [0.4, 0.5) is 0 Å². The van der Waals surface area contributed by atoms with E-state index in [4.69, 9.17) is 11.3 Å². The predicted octanol–water partition coefficient (Wildman–Crippen LogP) is 1.11. The fraction of sp³-hybridized carbons (Fsp3) is 0.636. The summed E-state index contributed by atoms with van der Waals surface area (Å²) in [6, 6.07) is -0.559. The van der Waals surface area contributed by atoms with Gasteiger partial charge in [0.15, 0.2) is 0 Å². The topological polar surface area (TPSA) is 122 Å². The third-order valence-corrected chi connectivity index (χ3v) is 2.57. The van der Waals surface area contributed by atoms with Crippen LogP contribution in [0.2, 0.25) is 0 Å². The molecule has 1 rings (SSSR count). The van der Waals surface area contributed by atoms with Gasteiger partial charge in [0.1, 0.15) is 6.04 Å². The van der Waals surface area contributed by atoms with Crippen LogP contribution in [0.5, 0.6) is 0 Å². The number of aryl methyl sites for hydroxylation is 1. The van der Waals surface area contributed by atoms with E-state index in [2.05, 4.69) is 27.4 Å². The summed E-state index contributed by atoms with van der Waals surface area (Å²) in [5.74, 6) is -0.445. The average molecular weight is 265 g/mol. The lowest BCUT2D eigenvalue weighted by atomic mass is 10.1. The number of amides is 1. The van der Waals surface area contributed by atoms with Crippen LogP contribution in [0.1, 0.15) is 31.4 Å². The number of carbonyl (C=O) groups excluding carboxylic acids is 1. The molecule has 8 nitrogen and oxygen atoms in total. The van der Waals surface area contributed by atoms with E-state index < -0.39 is 11.9 Å². The lowest BCUT2D eigenvalue weighted by Gasteiger charge is -2.13. The van der Waals surface area contributed by atoms with Gasteiger partial charge in [-0.3, -0.25) is 9.48 Å². The van der Waals surface area contributed by atoms with Gasteiger partial charge in [0.2, 0.25) is 5.91 Å². The Morgan fingerprint density at radius 1 is 1.74 bits per heavy atom. The molecule has 0 aliphatic carbocycles. The van der Waals surface area contributed by atoms with Crippen LogP contribution in [0.3, 0.4) is 0 Å². The first-order valence-electron chi connectivity index (χ1n) is 6.25. The van der Waals surface area contributed by atoms with Crippen LogP contribution in [-0.2, 0) is 11.3 Å². The molecule has 0 radical (unpaired) electrons. The number of hydrogen-bond donors (Lipinski definition) is 2. The summed E-state index contributed by atoms with van der Waals surface area (Å²) in [4.78, 5) is 14.1. The van der Waals surface area contributed by atoms with Gasteiger partial charge in [-0.1, -0.05) is 12.0 Å². The van der Waals surface area contributed by atoms with Gasteiger partial charge >= 0.3 is 0 Å². The number of nitrogens with one attached hydrogen (secondary N) is 1. The van der Waals surface area contributed by atoms with Crippen molar-refractivity contribution < 1.29 is 4.79 Å². The normalized spacial score (nSPS) is 11.8. The van der Waals surface area contributed by atoms with Gasteiger partial charge < -0.3 is 11.1 Å². The number of carbonyl (C=O) groups is 1. The van der Waals surface area contributed by atoms with E-state index in [-0.39, 0.29) is 0 Å². The van der Waals surface area contributed by atoms with Gasteiger partial charge in [0.05, 0.1) is 6.20 Å². The molecule has 0 fully saturated rings. The molecule has 0 bridgehead atoms. The molecular formula is C11H19N7O. The molecule has 19 heavy (non-hydrogen) atoms. The third-order valence-electron chi connectivity index (χ3n) is 2.57. The highest BCUT2D eigenvalue weighted by molar-refractivity contribution is 5.81. The third kappa shape index (κ3) is 4.99. The molecule has 0 saturated heterocycles. The number of nitrogens with zero attached hydrogens (tertiary/aromatic N) is 5. The number of rotatable bonds is 9. The molecule has 1 aromatic rings. The van der Waals surface area contributed by atoms with E-state index in [1.807, 2.05) is 6.20 Å². The fourth-order valence-electron chi connectivity index (χ4n) is 1.70. The van der Waals surface area contributed by atoms with Gasteiger partial charge in [-0.05, 0) is 24.9 Å². The van der Waals surface area contributed by atoms with E-state index in [0.717, 1.165) is 18.5 Å². The zero-order valence-electron chi connectivity index (χ0n) is 11.0. The van der Waals surface area contributed by atoms with Gasteiger partial charge in [0, 0.05) is 29.8 Å². The predicted molar refractivity (Wildman–Crippen MR) is 71.1 cm³/mol. The zero-order valence-corrected chi connectivity index (χ0v) is 11.0. The van der Waals surface area contributed by atoms with Crippen LogP contribution < -0.4 is 11.1 Å². The summed E-state index contributed by atoms with van der Waals surface area (Å²) in [6.45, 7) is 3.80. The molecule has 8 heteroatoms. The molecule has 0 aliphatic rings. The maximum absolute atomic E-state index is 11.4. The molecule has 3 N–H and O–H groups in total. The molecular weight excluding hydrogens is 246 g/mol. The van der Waals surface area contributed by atoms with Crippen LogP contribution in [0.15, 0.2) is 17.5 Å². The first-order chi connectivity index (χ1) is 9.19. The highest BCUT2D eigenvalue weighted by Gasteiger charge is 2.18. The minimum Gasteiger partial charge on any atom is -0.368 e. The summed E-state index contributed by atoms with van der Waals surface area (Å²) in [6.07, 6.45) is 5.09. The van der Waals surface area contributed by atoms with Crippen molar-refractivity contribution >= 4 is 5.91 Å². The van der Waals surface area contributed by atoms with Crippen molar-refractivity contribution in [3.05, 3.63) is 28.4 Å². The minimum absolute atomic E-state index is 0.393. The number of aromatic nitrogens is 2. The Kier molecular flexibility index (Phi) is 6.42. The van der Waals surface area contributed by atoms with E-state index in [1.165, 1.54) is 0 Å². The van der Waals surface area contributed by atoms with E-state index in [9.17, 15) is 4.79 Å². The molecule has 1 atom stereocenters.